The lowest BCUT2D eigenvalue weighted by molar-refractivity contribution is 0.0792. The average molecular weight is 316 g/mol. The van der Waals surface area contributed by atoms with Crippen LogP contribution < -0.4 is 0 Å². The van der Waals surface area contributed by atoms with Crippen molar-refractivity contribution >= 4 is 16.8 Å². The molecule has 2 aromatic carbocycles. The summed E-state index contributed by atoms with van der Waals surface area (Å²) in [4.78, 5) is 19.6. The van der Waals surface area contributed by atoms with Crippen LogP contribution in [0, 0.1) is 6.92 Å². The second-order valence-corrected chi connectivity index (χ2v) is 6.48. The molecule has 3 nitrogen and oxygen atoms in total. The fraction of sp³-hybridized carbons (Fsp3) is 0.238. The minimum atomic E-state index is 0.120. The predicted molar refractivity (Wildman–Crippen MR) is 96.2 cm³/mol. The van der Waals surface area contributed by atoms with Gasteiger partial charge in [-0.1, -0.05) is 48.5 Å². The molecule has 0 saturated carbocycles. The largest absolute Gasteiger partial charge is 0.338 e. The Kier molecular flexibility index (Phi) is 3.77. The molecule has 1 aromatic heterocycles. The highest BCUT2D eigenvalue weighted by atomic mass is 16.2. The highest BCUT2D eigenvalue weighted by Crippen LogP contribution is 2.29. The van der Waals surface area contributed by atoms with Crippen LogP contribution in [0.1, 0.15) is 34.0 Å². The number of para-hydroxylation sites is 1. The van der Waals surface area contributed by atoms with Crippen LogP contribution in [0.4, 0.5) is 0 Å². The van der Waals surface area contributed by atoms with Gasteiger partial charge in [0.1, 0.15) is 0 Å². The van der Waals surface area contributed by atoms with Gasteiger partial charge in [0, 0.05) is 30.1 Å². The standard InChI is InChI=1S/C21H20N2O/c1-15-13-19(18-9-5-6-10-20(18)22-15)21(24)23-12-11-17(14-23)16-7-3-2-4-8-16/h2-10,13,17H,11-12,14H2,1H3/t17-/m1/s1. The van der Waals surface area contributed by atoms with E-state index in [4.69, 9.17) is 0 Å². The summed E-state index contributed by atoms with van der Waals surface area (Å²) < 4.78 is 0. The third kappa shape index (κ3) is 2.67. The first kappa shape index (κ1) is 14.9. The van der Waals surface area contributed by atoms with Crippen LogP contribution in [0.2, 0.25) is 0 Å². The summed E-state index contributed by atoms with van der Waals surface area (Å²) in [6.45, 7) is 3.55. The normalized spacial score (nSPS) is 17.4. The van der Waals surface area contributed by atoms with Crippen molar-refractivity contribution in [3.63, 3.8) is 0 Å². The van der Waals surface area contributed by atoms with Crippen molar-refractivity contribution in [2.45, 2.75) is 19.3 Å². The zero-order chi connectivity index (χ0) is 16.5. The molecule has 0 radical (unpaired) electrons. The SMILES string of the molecule is Cc1cc(C(=O)N2CC[C@@H](c3ccccc3)C2)c2ccccc2n1. The first-order valence-corrected chi connectivity index (χ1v) is 8.43. The van der Waals surface area contributed by atoms with Gasteiger partial charge in [-0.15, -0.1) is 0 Å². The van der Waals surface area contributed by atoms with E-state index in [1.807, 2.05) is 48.2 Å². The number of carbonyl (C=O) groups is 1. The van der Waals surface area contributed by atoms with Crippen molar-refractivity contribution in [1.29, 1.82) is 0 Å². The number of pyridine rings is 1. The maximum Gasteiger partial charge on any atom is 0.254 e. The molecule has 1 aliphatic heterocycles. The quantitative estimate of drug-likeness (QED) is 0.711. The number of rotatable bonds is 2. The molecule has 4 rings (SSSR count). The lowest BCUT2D eigenvalue weighted by atomic mass is 9.99. The summed E-state index contributed by atoms with van der Waals surface area (Å²) in [7, 11) is 0. The van der Waals surface area contributed by atoms with Crippen LogP contribution in [0.25, 0.3) is 10.9 Å². The second-order valence-electron chi connectivity index (χ2n) is 6.48. The zero-order valence-corrected chi connectivity index (χ0v) is 13.8. The van der Waals surface area contributed by atoms with Gasteiger partial charge in [-0.05, 0) is 31.0 Å². The molecule has 0 unspecified atom stereocenters. The Morgan fingerprint density at radius 2 is 1.83 bits per heavy atom. The Hall–Kier alpha value is -2.68. The fourth-order valence-corrected chi connectivity index (χ4v) is 3.60. The van der Waals surface area contributed by atoms with E-state index in [9.17, 15) is 4.79 Å². The van der Waals surface area contributed by atoms with Gasteiger partial charge < -0.3 is 4.90 Å². The molecule has 0 aliphatic carbocycles. The monoisotopic (exact) mass is 316 g/mol. The molecular formula is C21H20N2O. The van der Waals surface area contributed by atoms with Crippen LogP contribution in [-0.2, 0) is 0 Å². The lowest BCUT2D eigenvalue weighted by Gasteiger charge is -2.18. The number of likely N-dealkylation sites (tertiary alicyclic amines) is 1. The highest BCUT2D eigenvalue weighted by molar-refractivity contribution is 6.06. The van der Waals surface area contributed by atoms with Gasteiger partial charge >= 0.3 is 0 Å². The van der Waals surface area contributed by atoms with Crippen molar-refractivity contribution < 1.29 is 4.79 Å². The van der Waals surface area contributed by atoms with E-state index in [2.05, 4.69) is 29.2 Å². The summed E-state index contributed by atoms with van der Waals surface area (Å²) >= 11 is 0. The third-order valence-electron chi connectivity index (χ3n) is 4.82. The van der Waals surface area contributed by atoms with E-state index >= 15 is 0 Å². The van der Waals surface area contributed by atoms with Gasteiger partial charge in [-0.25, -0.2) is 0 Å². The molecule has 0 N–H and O–H groups in total. The zero-order valence-electron chi connectivity index (χ0n) is 13.8. The van der Waals surface area contributed by atoms with E-state index in [1.165, 1.54) is 5.56 Å². The van der Waals surface area contributed by atoms with Gasteiger partial charge in [0.15, 0.2) is 0 Å². The molecule has 1 atom stereocenters. The molecule has 120 valence electrons. The minimum Gasteiger partial charge on any atom is -0.338 e. The van der Waals surface area contributed by atoms with Crippen LogP contribution >= 0.6 is 0 Å². The summed E-state index contributed by atoms with van der Waals surface area (Å²) in [5.41, 5.74) is 3.87. The lowest BCUT2D eigenvalue weighted by Crippen LogP contribution is -2.28. The summed E-state index contributed by atoms with van der Waals surface area (Å²) in [6.07, 6.45) is 1.03. The van der Waals surface area contributed by atoms with Gasteiger partial charge in [-0.2, -0.15) is 0 Å². The van der Waals surface area contributed by atoms with E-state index in [-0.39, 0.29) is 5.91 Å². The number of hydrogen-bond acceptors (Lipinski definition) is 2. The minimum absolute atomic E-state index is 0.120. The molecule has 0 spiro atoms. The summed E-state index contributed by atoms with van der Waals surface area (Å²) in [5, 5.41) is 0.941. The van der Waals surface area contributed by atoms with Crippen LogP contribution in [0.3, 0.4) is 0 Å². The molecule has 1 aliphatic rings. The molecule has 1 fully saturated rings. The molecule has 2 heterocycles. The second kappa shape index (κ2) is 6.08. The van der Waals surface area contributed by atoms with Gasteiger partial charge in [0.05, 0.1) is 11.1 Å². The Balaban J connectivity index is 1.63. The molecule has 1 saturated heterocycles. The Morgan fingerprint density at radius 1 is 1.08 bits per heavy atom. The first-order valence-electron chi connectivity index (χ1n) is 8.43. The van der Waals surface area contributed by atoms with E-state index in [0.717, 1.165) is 41.7 Å². The maximum atomic E-state index is 13.1. The number of amides is 1. The van der Waals surface area contributed by atoms with Crippen molar-refractivity contribution in [2.75, 3.05) is 13.1 Å². The predicted octanol–water partition coefficient (Wildman–Crippen LogP) is 4.17. The maximum absolute atomic E-state index is 13.1. The number of carbonyl (C=O) groups excluding carboxylic acids is 1. The number of fused-ring (bicyclic) bond motifs is 1. The van der Waals surface area contributed by atoms with Crippen molar-refractivity contribution in [3.05, 3.63) is 77.5 Å². The third-order valence-corrected chi connectivity index (χ3v) is 4.82. The van der Waals surface area contributed by atoms with Crippen molar-refractivity contribution in [1.82, 2.24) is 9.88 Å². The van der Waals surface area contributed by atoms with Crippen LogP contribution in [0.5, 0.6) is 0 Å². The molecule has 0 bridgehead atoms. The Morgan fingerprint density at radius 3 is 2.67 bits per heavy atom. The van der Waals surface area contributed by atoms with Gasteiger partial charge in [0.2, 0.25) is 0 Å². The number of aryl methyl sites for hydroxylation is 1. The van der Waals surface area contributed by atoms with Crippen molar-refractivity contribution in [2.24, 2.45) is 0 Å². The van der Waals surface area contributed by atoms with E-state index in [0.29, 0.717) is 5.92 Å². The van der Waals surface area contributed by atoms with E-state index < -0.39 is 0 Å². The molecule has 3 aromatic rings. The fourth-order valence-electron chi connectivity index (χ4n) is 3.60. The number of aromatic nitrogens is 1. The van der Waals surface area contributed by atoms with Crippen molar-refractivity contribution in [3.8, 4) is 0 Å². The summed E-state index contributed by atoms with van der Waals surface area (Å²) in [5.74, 6) is 0.555. The van der Waals surface area contributed by atoms with E-state index in [1.54, 1.807) is 0 Å². The van der Waals surface area contributed by atoms with Gasteiger partial charge in [-0.3, -0.25) is 9.78 Å². The topological polar surface area (TPSA) is 33.2 Å². The molecule has 3 heteroatoms. The number of benzene rings is 2. The first-order chi connectivity index (χ1) is 11.7. The number of hydrogen-bond donors (Lipinski definition) is 0. The number of nitrogens with zero attached hydrogens (tertiary/aromatic N) is 2. The smallest absolute Gasteiger partial charge is 0.254 e. The molecule has 1 amide bonds. The molecule has 24 heavy (non-hydrogen) atoms. The Bertz CT molecular complexity index is 889. The summed E-state index contributed by atoms with van der Waals surface area (Å²) in [6, 6.07) is 20.3. The molecular weight excluding hydrogens is 296 g/mol. The van der Waals surface area contributed by atoms with Gasteiger partial charge in [0.25, 0.3) is 5.91 Å². The van der Waals surface area contributed by atoms with Crippen LogP contribution in [-0.4, -0.2) is 28.9 Å². The average Bonchev–Trinajstić information content (AvgIpc) is 3.11. The highest BCUT2D eigenvalue weighted by Gasteiger charge is 2.28. The van der Waals surface area contributed by atoms with Crippen LogP contribution in [0.15, 0.2) is 60.7 Å². The Labute approximate surface area is 141 Å².